The highest BCUT2D eigenvalue weighted by Crippen LogP contribution is 2.35. The Morgan fingerprint density at radius 1 is 1.56 bits per heavy atom. The third kappa shape index (κ3) is 2.28. The summed E-state index contributed by atoms with van der Waals surface area (Å²) in [5.74, 6) is -1.07. The lowest BCUT2D eigenvalue weighted by atomic mass is 9.75. The Morgan fingerprint density at radius 3 is 2.83 bits per heavy atom. The molecule has 4 N–H and O–H groups in total. The Hall–Kier alpha value is -1.69. The van der Waals surface area contributed by atoms with E-state index in [1.54, 1.807) is 0 Å². The van der Waals surface area contributed by atoms with Gasteiger partial charge in [-0.15, -0.1) is 0 Å². The molecular weight excluding hydrogens is 234 g/mol. The van der Waals surface area contributed by atoms with E-state index >= 15 is 0 Å². The van der Waals surface area contributed by atoms with Gasteiger partial charge in [-0.1, -0.05) is 13.8 Å². The lowest BCUT2D eigenvalue weighted by Gasteiger charge is -2.28. The molecule has 0 saturated carbocycles. The lowest BCUT2D eigenvalue weighted by Crippen LogP contribution is -2.33. The Kier molecular flexibility index (Phi) is 2.98. The quantitative estimate of drug-likeness (QED) is 0.725. The SMILES string of the molecule is CC1(C)CC(=O)c2c(C[C@H](N)C(=O)O)n[nH]c2C1. The molecule has 0 aromatic carbocycles. The first kappa shape index (κ1) is 12.8. The Morgan fingerprint density at radius 2 is 2.22 bits per heavy atom. The highest BCUT2D eigenvalue weighted by atomic mass is 16.4. The second-order valence-electron chi connectivity index (χ2n) is 5.61. The summed E-state index contributed by atoms with van der Waals surface area (Å²) >= 11 is 0. The number of hydrogen-bond acceptors (Lipinski definition) is 4. The van der Waals surface area contributed by atoms with Crippen LogP contribution in [0.3, 0.4) is 0 Å². The van der Waals surface area contributed by atoms with Gasteiger partial charge in [0.05, 0.1) is 11.3 Å². The number of nitrogens with two attached hydrogens (primary N) is 1. The molecular formula is C12H17N3O3. The molecule has 98 valence electrons. The average molecular weight is 251 g/mol. The number of rotatable bonds is 3. The number of aromatic nitrogens is 2. The van der Waals surface area contributed by atoms with Crippen LogP contribution in [-0.4, -0.2) is 33.1 Å². The minimum atomic E-state index is -1.09. The van der Waals surface area contributed by atoms with E-state index < -0.39 is 12.0 Å². The van der Waals surface area contributed by atoms with Gasteiger partial charge in [-0.05, 0) is 11.8 Å². The van der Waals surface area contributed by atoms with Crippen LogP contribution in [0.25, 0.3) is 0 Å². The predicted octanol–water partition coefficient (Wildman–Crippen LogP) is 0.519. The largest absolute Gasteiger partial charge is 0.480 e. The van der Waals surface area contributed by atoms with Gasteiger partial charge in [-0.2, -0.15) is 5.10 Å². The number of ketones is 1. The summed E-state index contributed by atoms with van der Waals surface area (Å²) in [6.07, 6.45) is 1.27. The summed E-state index contributed by atoms with van der Waals surface area (Å²) in [5, 5.41) is 15.7. The number of nitrogens with one attached hydrogen (secondary N) is 1. The zero-order chi connectivity index (χ0) is 13.5. The van der Waals surface area contributed by atoms with Gasteiger partial charge in [0.1, 0.15) is 6.04 Å². The van der Waals surface area contributed by atoms with Crippen LogP contribution in [0.15, 0.2) is 0 Å². The van der Waals surface area contributed by atoms with Gasteiger partial charge in [-0.25, -0.2) is 0 Å². The monoisotopic (exact) mass is 251 g/mol. The van der Waals surface area contributed by atoms with Gasteiger partial charge in [0.2, 0.25) is 0 Å². The number of nitrogens with zero attached hydrogens (tertiary/aromatic N) is 1. The van der Waals surface area contributed by atoms with Crippen LogP contribution in [0.4, 0.5) is 0 Å². The molecule has 6 heteroatoms. The van der Waals surface area contributed by atoms with Crippen LogP contribution in [0, 0.1) is 5.41 Å². The molecule has 0 aliphatic heterocycles. The standard InChI is InChI=1S/C12H17N3O3/c1-12(2)4-8-10(9(16)5-12)7(14-15-8)3-6(13)11(17)18/h6H,3-5,13H2,1-2H3,(H,14,15)(H,17,18)/t6-/m0/s1. The first-order valence-electron chi connectivity index (χ1n) is 5.88. The van der Waals surface area contributed by atoms with Crippen molar-refractivity contribution in [1.82, 2.24) is 10.2 Å². The Bertz CT molecular complexity index is 505. The number of carboxylic acid groups (broad SMARTS) is 1. The summed E-state index contributed by atoms with van der Waals surface area (Å²) in [6.45, 7) is 4.05. The zero-order valence-electron chi connectivity index (χ0n) is 10.5. The van der Waals surface area contributed by atoms with E-state index in [1.165, 1.54) is 0 Å². The molecule has 2 rings (SSSR count). The van der Waals surface area contributed by atoms with Gasteiger partial charge in [-0.3, -0.25) is 14.7 Å². The number of aliphatic carboxylic acids is 1. The van der Waals surface area contributed by atoms with Crippen molar-refractivity contribution in [2.45, 2.75) is 39.2 Å². The fourth-order valence-corrected chi connectivity index (χ4v) is 2.39. The molecule has 0 unspecified atom stereocenters. The molecule has 1 aromatic heterocycles. The second kappa shape index (κ2) is 4.20. The Labute approximate surface area is 105 Å². The highest BCUT2D eigenvalue weighted by molar-refractivity contribution is 5.99. The topological polar surface area (TPSA) is 109 Å². The fourth-order valence-electron chi connectivity index (χ4n) is 2.39. The normalized spacial score (nSPS) is 19.4. The predicted molar refractivity (Wildman–Crippen MR) is 64.3 cm³/mol. The second-order valence-corrected chi connectivity index (χ2v) is 5.61. The van der Waals surface area contributed by atoms with Crippen molar-refractivity contribution >= 4 is 11.8 Å². The van der Waals surface area contributed by atoms with Crippen LogP contribution in [0.1, 0.15) is 42.0 Å². The number of Topliss-reactive ketones (excluding diaryl/α,β-unsaturated/α-hetero) is 1. The van der Waals surface area contributed by atoms with E-state index in [9.17, 15) is 9.59 Å². The molecule has 0 radical (unpaired) electrons. The molecule has 6 nitrogen and oxygen atoms in total. The first-order valence-corrected chi connectivity index (χ1v) is 5.88. The number of carbonyl (C=O) groups excluding carboxylic acids is 1. The van der Waals surface area contributed by atoms with Crippen LogP contribution >= 0.6 is 0 Å². The summed E-state index contributed by atoms with van der Waals surface area (Å²) in [5.41, 5.74) is 7.21. The molecule has 1 aliphatic carbocycles. The highest BCUT2D eigenvalue weighted by Gasteiger charge is 2.35. The van der Waals surface area contributed by atoms with Crippen molar-refractivity contribution in [2.75, 3.05) is 0 Å². The molecule has 0 bridgehead atoms. The van der Waals surface area contributed by atoms with E-state index in [4.69, 9.17) is 10.8 Å². The number of hydrogen-bond donors (Lipinski definition) is 3. The van der Waals surface area contributed by atoms with Crippen LogP contribution in [0.5, 0.6) is 0 Å². The van der Waals surface area contributed by atoms with Gasteiger partial charge in [0.25, 0.3) is 0 Å². The molecule has 0 spiro atoms. The smallest absolute Gasteiger partial charge is 0.320 e. The van der Waals surface area contributed by atoms with Gasteiger partial charge < -0.3 is 10.8 Å². The summed E-state index contributed by atoms with van der Waals surface area (Å²) < 4.78 is 0. The maximum Gasteiger partial charge on any atom is 0.320 e. The van der Waals surface area contributed by atoms with Crippen molar-refractivity contribution in [3.05, 3.63) is 17.0 Å². The molecule has 18 heavy (non-hydrogen) atoms. The van der Waals surface area contributed by atoms with Crippen molar-refractivity contribution in [3.63, 3.8) is 0 Å². The average Bonchev–Trinajstić information content (AvgIpc) is 2.59. The third-order valence-corrected chi connectivity index (χ3v) is 3.22. The summed E-state index contributed by atoms with van der Waals surface area (Å²) in [7, 11) is 0. The molecule has 1 aromatic rings. The molecule has 1 heterocycles. The number of fused-ring (bicyclic) bond motifs is 1. The van der Waals surface area contributed by atoms with E-state index in [0.717, 1.165) is 12.1 Å². The number of carbonyl (C=O) groups is 2. The van der Waals surface area contributed by atoms with E-state index in [-0.39, 0.29) is 17.6 Å². The number of aromatic amines is 1. The van der Waals surface area contributed by atoms with Crippen LogP contribution < -0.4 is 5.73 Å². The lowest BCUT2D eigenvalue weighted by molar-refractivity contribution is -0.138. The minimum Gasteiger partial charge on any atom is -0.480 e. The molecule has 0 fully saturated rings. The number of H-pyrrole nitrogens is 1. The Balaban J connectivity index is 2.30. The van der Waals surface area contributed by atoms with E-state index in [1.807, 2.05) is 13.8 Å². The van der Waals surface area contributed by atoms with Crippen LogP contribution in [-0.2, 0) is 17.6 Å². The molecule has 1 atom stereocenters. The third-order valence-electron chi connectivity index (χ3n) is 3.22. The van der Waals surface area contributed by atoms with Crippen molar-refractivity contribution in [3.8, 4) is 0 Å². The van der Waals surface area contributed by atoms with Crippen LogP contribution in [0.2, 0.25) is 0 Å². The van der Waals surface area contributed by atoms with Crippen molar-refractivity contribution < 1.29 is 14.7 Å². The van der Waals surface area contributed by atoms with E-state index in [0.29, 0.717) is 17.7 Å². The summed E-state index contributed by atoms with van der Waals surface area (Å²) in [6, 6.07) is -1.03. The number of carboxylic acids is 1. The molecule has 0 saturated heterocycles. The van der Waals surface area contributed by atoms with Crippen molar-refractivity contribution in [1.29, 1.82) is 0 Å². The molecule has 1 aliphatic rings. The minimum absolute atomic E-state index is 0.0163. The summed E-state index contributed by atoms with van der Waals surface area (Å²) in [4.78, 5) is 22.8. The van der Waals surface area contributed by atoms with Gasteiger partial charge >= 0.3 is 5.97 Å². The maximum absolute atomic E-state index is 12.1. The molecule has 0 amide bonds. The van der Waals surface area contributed by atoms with Gasteiger partial charge in [0.15, 0.2) is 5.78 Å². The van der Waals surface area contributed by atoms with Crippen molar-refractivity contribution in [2.24, 2.45) is 11.1 Å². The van der Waals surface area contributed by atoms with E-state index in [2.05, 4.69) is 10.2 Å². The first-order chi connectivity index (χ1) is 8.30. The zero-order valence-corrected chi connectivity index (χ0v) is 10.5. The van der Waals surface area contributed by atoms with Gasteiger partial charge in [0, 0.05) is 18.5 Å². The maximum atomic E-state index is 12.1. The fraction of sp³-hybridized carbons (Fsp3) is 0.583.